The molecule has 0 unspecified atom stereocenters. The van der Waals surface area contributed by atoms with Crippen LogP contribution in [0.5, 0.6) is 0 Å². The van der Waals surface area contributed by atoms with E-state index in [0.717, 1.165) is 13.0 Å². The van der Waals surface area contributed by atoms with E-state index in [4.69, 9.17) is 0 Å². The second-order valence-corrected chi connectivity index (χ2v) is 2.64. The van der Waals surface area contributed by atoms with Gasteiger partial charge in [-0.15, -0.1) is 30.6 Å². The van der Waals surface area contributed by atoms with Crippen molar-refractivity contribution >= 4 is 29.9 Å². The molecule has 12 heavy (non-hydrogen) atoms. The summed E-state index contributed by atoms with van der Waals surface area (Å²) in [5, 5.41) is 3.06. The number of rotatable bonds is 2. The van der Waals surface area contributed by atoms with Gasteiger partial charge in [0.2, 0.25) is 0 Å². The molecule has 2 atom stereocenters. The Labute approximate surface area is 89.6 Å². The molecule has 4 heteroatoms. The van der Waals surface area contributed by atoms with E-state index in [2.05, 4.69) is 16.6 Å². The second-order valence-electron chi connectivity index (χ2n) is 2.64. The summed E-state index contributed by atoms with van der Waals surface area (Å²) < 4.78 is 4.62. The molecule has 0 radical (unpaired) electrons. The predicted molar refractivity (Wildman–Crippen MR) is 57.5 cm³/mol. The summed E-state index contributed by atoms with van der Waals surface area (Å²) in [5.74, 6) is 0.0508. The van der Waals surface area contributed by atoms with E-state index < -0.39 is 0 Å². The van der Waals surface area contributed by atoms with Crippen molar-refractivity contribution in [1.29, 1.82) is 0 Å². The lowest BCUT2D eigenvalue weighted by Gasteiger charge is -2.12. The van der Waals surface area contributed by atoms with Crippen LogP contribution in [0.15, 0.2) is 12.7 Å². The Morgan fingerprint density at radius 1 is 1.75 bits per heavy atom. The molecule has 3 nitrogen and oxygen atoms in total. The van der Waals surface area contributed by atoms with Crippen LogP contribution in [0, 0.1) is 5.92 Å². The number of methoxy groups -OCH3 is 1. The number of nitrogens with one attached hydrogen (secondary N) is 1. The van der Waals surface area contributed by atoms with Crippen molar-refractivity contribution in [2.75, 3.05) is 13.7 Å². The second kappa shape index (κ2) is 5.53. The minimum atomic E-state index is -0.188. The zero-order valence-corrected chi connectivity index (χ0v) is 9.41. The summed E-state index contributed by atoms with van der Waals surface area (Å²) in [6.45, 7) is 4.53. The summed E-state index contributed by atoms with van der Waals surface area (Å²) in [7, 11) is 1.41. The Kier molecular flexibility index (Phi) is 5.48. The first-order valence-electron chi connectivity index (χ1n) is 3.73. The number of carbonyl (C=O) groups excluding carboxylic acids is 1. The van der Waals surface area contributed by atoms with E-state index in [-0.39, 0.29) is 41.9 Å². The molecule has 0 aromatic carbocycles. The minimum absolute atomic E-state index is 0. The molecule has 0 aliphatic carbocycles. The topological polar surface area (TPSA) is 38.3 Å². The van der Waals surface area contributed by atoms with Crippen molar-refractivity contribution in [1.82, 2.24) is 5.32 Å². The molecule has 0 aromatic heterocycles. The quantitative estimate of drug-likeness (QED) is 0.466. The third-order valence-corrected chi connectivity index (χ3v) is 2.03. The Bertz CT molecular complexity index is 172. The number of carbonyl (C=O) groups is 1. The summed E-state index contributed by atoms with van der Waals surface area (Å²) in [6.07, 6.45) is 2.78. The van der Waals surface area contributed by atoms with Crippen LogP contribution in [0.1, 0.15) is 6.42 Å². The largest absolute Gasteiger partial charge is 0.468 e. The van der Waals surface area contributed by atoms with Gasteiger partial charge in [-0.1, -0.05) is 6.08 Å². The molecule has 0 saturated carbocycles. The molecule has 70 valence electrons. The van der Waals surface area contributed by atoms with Gasteiger partial charge in [-0.05, 0) is 13.0 Å². The lowest BCUT2D eigenvalue weighted by molar-refractivity contribution is -0.143. The van der Waals surface area contributed by atoms with Crippen LogP contribution in [0.3, 0.4) is 0 Å². The van der Waals surface area contributed by atoms with Crippen LogP contribution in [-0.4, -0.2) is 25.7 Å². The molecular formula is C8H14INO2. The monoisotopic (exact) mass is 283 g/mol. The molecule has 0 amide bonds. The Balaban J connectivity index is 0.00000121. The number of ether oxygens (including phenoxy) is 1. The highest BCUT2D eigenvalue weighted by Gasteiger charge is 2.30. The standard InChI is InChI=1S/C8H13NO2.HI/c1-3-6-4-5-9-7(6)8(10)11-2;/h3,6-7,9H,1,4-5H2,2H3;1H/t6-,7-;/m0./s1. The number of hydrogen-bond acceptors (Lipinski definition) is 3. The van der Waals surface area contributed by atoms with E-state index in [1.54, 1.807) is 0 Å². The van der Waals surface area contributed by atoms with Gasteiger partial charge < -0.3 is 10.1 Å². The molecule has 1 aliphatic rings. The average Bonchev–Trinajstić information content (AvgIpc) is 2.50. The van der Waals surface area contributed by atoms with Gasteiger partial charge in [0.25, 0.3) is 0 Å². The van der Waals surface area contributed by atoms with Gasteiger partial charge in [0, 0.05) is 5.92 Å². The predicted octanol–water partition coefficient (Wildman–Crippen LogP) is 0.942. The van der Waals surface area contributed by atoms with Crippen LogP contribution >= 0.6 is 24.0 Å². The molecule has 1 aliphatic heterocycles. The van der Waals surface area contributed by atoms with Gasteiger partial charge in [-0.3, -0.25) is 4.79 Å². The fourth-order valence-corrected chi connectivity index (χ4v) is 1.36. The summed E-state index contributed by atoms with van der Waals surface area (Å²) >= 11 is 0. The maximum absolute atomic E-state index is 11.1. The lowest BCUT2D eigenvalue weighted by atomic mass is 10.0. The third kappa shape index (κ3) is 2.45. The Hall–Kier alpha value is -0.100. The zero-order valence-electron chi connectivity index (χ0n) is 7.08. The Morgan fingerprint density at radius 3 is 2.92 bits per heavy atom. The van der Waals surface area contributed by atoms with Crippen LogP contribution in [0.25, 0.3) is 0 Å². The highest BCUT2D eigenvalue weighted by molar-refractivity contribution is 14.0. The van der Waals surface area contributed by atoms with Gasteiger partial charge in [-0.2, -0.15) is 0 Å². The van der Waals surface area contributed by atoms with Crippen molar-refractivity contribution in [3.05, 3.63) is 12.7 Å². The number of esters is 1. The summed E-state index contributed by atoms with van der Waals surface area (Å²) in [5.41, 5.74) is 0. The highest BCUT2D eigenvalue weighted by Crippen LogP contribution is 2.16. The third-order valence-electron chi connectivity index (χ3n) is 2.03. The van der Waals surface area contributed by atoms with Crippen LogP contribution in [0.2, 0.25) is 0 Å². The molecule has 0 bridgehead atoms. The Morgan fingerprint density at radius 2 is 2.42 bits per heavy atom. The van der Waals surface area contributed by atoms with Gasteiger partial charge in [0.15, 0.2) is 0 Å². The highest BCUT2D eigenvalue weighted by atomic mass is 127. The van der Waals surface area contributed by atoms with Gasteiger partial charge in [0.1, 0.15) is 6.04 Å². The molecule has 1 N–H and O–H groups in total. The van der Waals surface area contributed by atoms with Crippen molar-refractivity contribution in [2.24, 2.45) is 5.92 Å². The van der Waals surface area contributed by atoms with E-state index in [1.165, 1.54) is 7.11 Å². The van der Waals surface area contributed by atoms with Crippen LogP contribution in [0.4, 0.5) is 0 Å². The van der Waals surface area contributed by atoms with Crippen molar-refractivity contribution in [2.45, 2.75) is 12.5 Å². The first kappa shape index (κ1) is 11.9. The maximum atomic E-state index is 11.1. The van der Waals surface area contributed by atoms with E-state index in [1.807, 2.05) is 6.08 Å². The summed E-state index contributed by atoms with van der Waals surface area (Å²) in [6, 6.07) is -0.169. The maximum Gasteiger partial charge on any atom is 0.323 e. The van der Waals surface area contributed by atoms with Crippen LogP contribution in [-0.2, 0) is 9.53 Å². The molecule has 0 aromatic rings. The average molecular weight is 283 g/mol. The molecular weight excluding hydrogens is 269 g/mol. The van der Waals surface area contributed by atoms with Gasteiger partial charge >= 0.3 is 5.97 Å². The first-order valence-corrected chi connectivity index (χ1v) is 3.73. The van der Waals surface area contributed by atoms with E-state index >= 15 is 0 Å². The zero-order chi connectivity index (χ0) is 8.27. The van der Waals surface area contributed by atoms with Crippen LogP contribution < -0.4 is 5.32 Å². The molecule has 1 fully saturated rings. The normalized spacial score (nSPS) is 27.4. The molecule has 1 saturated heterocycles. The van der Waals surface area contributed by atoms with Crippen molar-refractivity contribution in [3.8, 4) is 0 Å². The van der Waals surface area contributed by atoms with Gasteiger partial charge in [0.05, 0.1) is 7.11 Å². The fourth-order valence-electron chi connectivity index (χ4n) is 1.36. The van der Waals surface area contributed by atoms with Gasteiger partial charge in [-0.25, -0.2) is 0 Å². The van der Waals surface area contributed by atoms with Crippen molar-refractivity contribution in [3.63, 3.8) is 0 Å². The number of hydrogen-bond donors (Lipinski definition) is 1. The van der Waals surface area contributed by atoms with E-state index in [0.29, 0.717) is 0 Å². The summed E-state index contributed by atoms with van der Waals surface area (Å²) in [4.78, 5) is 11.1. The molecule has 1 heterocycles. The lowest BCUT2D eigenvalue weighted by Crippen LogP contribution is -2.35. The molecule has 1 rings (SSSR count). The first-order chi connectivity index (χ1) is 5.29. The molecule has 0 spiro atoms. The SMILES string of the molecule is C=C[C@H]1CCN[C@@H]1C(=O)OC.I. The number of halogens is 1. The smallest absolute Gasteiger partial charge is 0.323 e. The fraction of sp³-hybridized carbons (Fsp3) is 0.625. The van der Waals surface area contributed by atoms with E-state index in [9.17, 15) is 4.79 Å². The van der Waals surface area contributed by atoms with Crippen molar-refractivity contribution < 1.29 is 9.53 Å². The minimum Gasteiger partial charge on any atom is -0.468 e.